The lowest BCUT2D eigenvalue weighted by atomic mass is 10.2. The van der Waals surface area contributed by atoms with E-state index in [1.807, 2.05) is 31.2 Å². The van der Waals surface area contributed by atoms with Crippen LogP contribution in [0.2, 0.25) is 5.02 Å². The Morgan fingerprint density at radius 3 is 2.67 bits per heavy atom. The van der Waals surface area contributed by atoms with Crippen molar-refractivity contribution in [1.82, 2.24) is 19.3 Å². The molecule has 0 unspecified atom stereocenters. The Hall–Kier alpha value is -1.78. The predicted molar refractivity (Wildman–Crippen MR) is 109 cm³/mol. The first-order valence-electron chi connectivity index (χ1n) is 8.08. The second-order valence-electron chi connectivity index (χ2n) is 5.83. The molecule has 3 aromatic heterocycles. The highest BCUT2D eigenvalue weighted by molar-refractivity contribution is 7.91. The first kappa shape index (κ1) is 18.6. The molecule has 0 fully saturated rings. The summed E-state index contributed by atoms with van der Waals surface area (Å²) >= 11 is 8.65. The van der Waals surface area contributed by atoms with Gasteiger partial charge in [0.25, 0.3) is 0 Å². The lowest BCUT2D eigenvalue weighted by Gasteiger charge is -2.04. The summed E-state index contributed by atoms with van der Waals surface area (Å²) in [6, 6.07) is 10.7. The average molecular weight is 439 g/mol. The van der Waals surface area contributed by atoms with Crippen molar-refractivity contribution in [3.05, 3.63) is 57.4 Å². The van der Waals surface area contributed by atoms with Crippen molar-refractivity contribution in [1.29, 1.82) is 0 Å². The van der Waals surface area contributed by atoms with Gasteiger partial charge < -0.3 is 0 Å². The van der Waals surface area contributed by atoms with Crippen LogP contribution in [0.3, 0.4) is 0 Å². The van der Waals surface area contributed by atoms with Gasteiger partial charge in [-0.05, 0) is 49.1 Å². The van der Waals surface area contributed by atoms with E-state index in [2.05, 4.69) is 14.8 Å². The Bertz CT molecular complexity index is 1180. The van der Waals surface area contributed by atoms with Crippen molar-refractivity contribution >= 4 is 49.3 Å². The summed E-state index contributed by atoms with van der Waals surface area (Å²) in [7, 11) is -3.44. The van der Waals surface area contributed by atoms with Gasteiger partial charge in [0.2, 0.25) is 15.0 Å². The lowest BCUT2D eigenvalue weighted by molar-refractivity contribution is 0.584. The summed E-state index contributed by atoms with van der Waals surface area (Å²) in [6.07, 6.45) is 0.586. The number of thiophene rings is 1. The summed E-state index contributed by atoms with van der Waals surface area (Å²) < 4.78 is 29.1. The number of nitrogens with one attached hydrogen (secondary N) is 1. The third kappa shape index (κ3) is 3.78. The molecule has 0 radical (unpaired) electrons. The van der Waals surface area contributed by atoms with Gasteiger partial charge in [-0.15, -0.1) is 16.4 Å². The van der Waals surface area contributed by atoms with Crippen molar-refractivity contribution in [2.75, 3.05) is 6.54 Å². The monoisotopic (exact) mass is 438 g/mol. The minimum absolute atomic E-state index is 0.328. The van der Waals surface area contributed by atoms with Gasteiger partial charge in [-0.1, -0.05) is 29.0 Å². The van der Waals surface area contributed by atoms with Gasteiger partial charge in [0, 0.05) is 22.0 Å². The van der Waals surface area contributed by atoms with E-state index in [0.717, 1.165) is 21.1 Å². The fourth-order valence-corrected chi connectivity index (χ4v) is 5.87. The molecule has 4 rings (SSSR count). The van der Waals surface area contributed by atoms with Crippen LogP contribution in [-0.4, -0.2) is 29.6 Å². The molecule has 0 spiro atoms. The fourth-order valence-electron chi connectivity index (χ4n) is 2.62. The zero-order chi connectivity index (χ0) is 19.0. The van der Waals surface area contributed by atoms with Crippen LogP contribution in [0.5, 0.6) is 0 Å². The summed E-state index contributed by atoms with van der Waals surface area (Å²) in [6.45, 7) is 2.29. The molecule has 0 aliphatic carbocycles. The first-order chi connectivity index (χ1) is 12.9. The lowest BCUT2D eigenvalue weighted by Crippen LogP contribution is -2.25. The Kier molecular flexibility index (Phi) is 5.04. The van der Waals surface area contributed by atoms with Gasteiger partial charge in [-0.3, -0.25) is 0 Å². The summed E-state index contributed by atoms with van der Waals surface area (Å²) in [5.74, 6) is 0.644. The standard InChI is InChI=1S/C17H15ClN4O2S3/c1-11-14(8-9-19-27(23,24)15-3-2-10-25-15)26-17-20-16(21-22(11)17)12-4-6-13(18)7-5-12/h2-7,10,19H,8-9H2,1H3. The second kappa shape index (κ2) is 7.33. The maximum absolute atomic E-state index is 12.2. The molecule has 0 bridgehead atoms. The van der Waals surface area contributed by atoms with Crippen LogP contribution in [-0.2, 0) is 16.4 Å². The van der Waals surface area contributed by atoms with E-state index in [1.165, 1.54) is 22.7 Å². The highest BCUT2D eigenvalue weighted by atomic mass is 35.5. The topological polar surface area (TPSA) is 76.4 Å². The van der Waals surface area contributed by atoms with E-state index in [9.17, 15) is 8.42 Å². The Morgan fingerprint density at radius 1 is 1.22 bits per heavy atom. The molecule has 4 aromatic rings. The van der Waals surface area contributed by atoms with E-state index >= 15 is 0 Å². The van der Waals surface area contributed by atoms with Crippen molar-refractivity contribution in [3.8, 4) is 11.4 Å². The number of thiazole rings is 1. The third-order valence-corrected chi connectivity index (χ3v) is 8.32. The van der Waals surface area contributed by atoms with Gasteiger partial charge in [0.15, 0.2) is 5.82 Å². The molecule has 0 aliphatic heterocycles. The molecular weight excluding hydrogens is 424 g/mol. The number of fused-ring (bicyclic) bond motifs is 1. The molecule has 3 heterocycles. The third-order valence-electron chi connectivity index (χ3n) is 4.02. The van der Waals surface area contributed by atoms with Gasteiger partial charge in [0.1, 0.15) is 4.21 Å². The van der Waals surface area contributed by atoms with Crippen LogP contribution in [0.4, 0.5) is 0 Å². The second-order valence-corrected chi connectivity index (χ2v) is 10.3. The number of nitrogens with zero attached hydrogens (tertiary/aromatic N) is 3. The molecule has 27 heavy (non-hydrogen) atoms. The van der Waals surface area contributed by atoms with Crippen LogP contribution < -0.4 is 4.72 Å². The van der Waals surface area contributed by atoms with Crippen molar-refractivity contribution in [2.45, 2.75) is 17.6 Å². The number of rotatable bonds is 6. The van der Waals surface area contributed by atoms with E-state index in [0.29, 0.717) is 28.0 Å². The van der Waals surface area contributed by atoms with Gasteiger partial charge >= 0.3 is 0 Å². The largest absolute Gasteiger partial charge is 0.250 e. The highest BCUT2D eigenvalue weighted by Gasteiger charge is 2.17. The summed E-state index contributed by atoms with van der Waals surface area (Å²) in [5, 5.41) is 6.98. The molecule has 1 aromatic carbocycles. The highest BCUT2D eigenvalue weighted by Crippen LogP contribution is 2.26. The maximum Gasteiger partial charge on any atom is 0.250 e. The maximum atomic E-state index is 12.2. The molecule has 1 N–H and O–H groups in total. The average Bonchev–Trinajstić information content (AvgIpc) is 3.35. The first-order valence-corrected chi connectivity index (χ1v) is 11.6. The minimum Gasteiger partial charge on any atom is -0.210 e. The number of benzene rings is 1. The smallest absolute Gasteiger partial charge is 0.210 e. The summed E-state index contributed by atoms with van der Waals surface area (Å²) in [5.41, 5.74) is 1.87. The van der Waals surface area contributed by atoms with Crippen LogP contribution in [0, 0.1) is 6.92 Å². The quantitative estimate of drug-likeness (QED) is 0.493. The predicted octanol–water partition coefficient (Wildman–Crippen LogP) is 4.00. The SMILES string of the molecule is Cc1c(CCNS(=O)(=O)c2cccs2)sc2nc(-c3ccc(Cl)cc3)nn12. The van der Waals surface area contributed by atoms with E-state index in [-0.39, 0.29) is 0 Å². The van der Waals surface area contributed by atoms with Crippen LogP contribution in [0.25, 0.3) is 16.3 Å². The minimum atomic E-state index is -3.44. The van der Waals surface area contributed by atoms with Crippen molar-refractivity contribution in [3.63, 3.8) is 0 Å². The Labute approximate surface area is 169 Å². The van der Waals surface area contributed by atoms with Crippen molar-refractivity contribution < 1.29 is 8.42 Å². The van der Waals surface area contributed by atoms with Crippen LogP contribution in [0.15, 0.2) is 46.0 Å². The molecule has 0 amide bonds. The number of hydrogen-bond donors (Lipinski definition) is 1. The number of aromatic nitrogens is 3. The Morgan fingerprint density at radius 2 is 2.00 bits per heavy atom. The van der Waals surface area contributed by atoms with Gasteiger partial charge in [0.05, 0.1) is 5.69 Å². The van der Waals surface area contributed by atoms with Crippen LogP contribution in [0.1, 0.15) is 10.6 Å². The molecule has 0 saturated heterocycles. The van der Waals surface area contributed by atoms with E-state index in [1.54, 1.807) is 22.0 Å². The molecule has 0 atom stereocenters. The van der Waals surface area contributed by atoms with Gasteiger partial charge in [-0.25, -0.2) is 17.7 Å². The number of sulfonamides is 1. The fraction of sp³-hybridized carbons (Fsp3) is 0.176. The molecule has 10 heteroatoms. The zero-order valence-electron chi connectivity index (χ0n) is 14.2. The molecular formula is C17H15ClN4O2S3. The molecule has 6 nitrogen and oxygen atoms in total. The normalized spacial score (nSPS) is 12.1. The Balaban J connectivity index is 1.49. The molecule has 0 aliphatic rings. The number of aryl methyl sites for hydroxylation is 1. The van der Waals surface area contributed by atoms with E-state index < -0.39 is 10.0 Å². The zero-order valence-corrected chi connectivity index (χ0v) is 17.4. The number of hydrogen-bond acceptors (Lipinski definition) is 6. The van der Waals surface area contributed by atoms with Crippen LogP contribution >= 0.6 is 34.3 Å². The van der Waals surface area contributed by atoms with Crippen molar-refractivity contribution in [2.24, 2.45) is 0 Å². The molecule has 140 valence electrons. The molecule has 0 saturated carbocycles. The van der Waals surface area contributed by atoms with E-state index in [4.69, 9.17) is 11.6 Å². The van der Waals surface area contributed by atoms with Gasteiger partial charge in [-0.2, -0.15) is 4.98 Å². The number of halogens is 1. The summed E-state index contributed by atoms with van der Waals surface area (Å²) in [4.78, 5) is 6.42.